The van der Waals surface area contributed by atoms with E-state index in [9.17, 15) is 17.6 Å². The van der Waals surface area contributed by atoms with E-state index in [-0.39, 0.29) is 47.0 Å². The van der Waals surface area contributed by atoms with Crippen molar-refractivity contribution in [1.29, 1.82) is 0 Å². The van der Waals surface area contributed by atoms with Crippen molar-refractivity contribution in [3.05, 3.63) is 52.0 Å². The molecule has 1 aliphatic carbocycles. The predicted molar refractivity (Wildman–Crippen MR) is 101 cm³/mol. The highest BCUT2D eigenvalue weighted by molar-refractivity contribution is 7.89. The first-order chi connectivity index (χ1) is 13.8. The minimum atomic E-state index is -3.82. The second kappa shape index (κ2) is 7.23. The van der Waals surface area contributed by atoms with E-state index in [2.05, 4.69) is 15.0 Å². The van der Waals surface area contributed by atoms with Crippen LogP contribution in [0.15, 0.2) is 38.5 Å². The van der Waals surface area contributed by atoms with E-state index in [4.69, 9.17) is 4.52 Å². The number of halogens is 1. The van der Waals surface area contributed by atoms with Crippen LogP contribution in [0.1, 0.15) is 30.3 Å². The molecule has 1 fully saturated rings. The Balaban J connectivity index is 1.56. The Hall–Kier alpha value is -2.79. The van der Waals surface area contributed by atoms with Crippen LogP contribution in [0.2, 0.25) is 0 Å². The van der Waals surface area contributed by atoms with Crippen LogP contribution in [0.3, 0.4) is 0 Å². The molecule has 1 aliphatic rings. The van der Waals surface area contributed by atoms with Gasteiger partial charge in [0.2, 0.25) is 10.0 Å². The number of benzene rings is 1. The van der Waals surface area contributed by atoms with Crippen molar-refractivity contribution in [1.82, 2.24) is 24.2 Å². The van der Waals surface area contributed by atoms with E-state index in [1.165, 1.54) is 23.7 Å². The highest BCUT2D eigenvalue weighted by Crippen LogP contribution is 2.36. The number of aryl methyl sites for hydroxylation is 2. The van der Waals surface area contributed by atoms with Gasteiger partial charge < -0.3 is 4.52 Å². The summed E-state index contributed by atoms with van der Waals surface area (Å²) in [6, 6.07) is 5.83. The maximum absolute atomic E-state index is 13.2. The zero-order valence-electron chi connectivity index (χ0n) is 15.9. The summed E-state index contributed by atoms with van der Waals surface area (Å²) in [4.78, 5) is 12.8. The molecule has 0 unspecified atom stereocenters. The average molecular weight is 421 g/mol. The fourth-order valence-corrected chi connectivity index (χ4v) is 4.59. The van der Waals surface area contributed by atoms with Crippen molar-refractivity contribution in [2.45, 2.75) is 44.2 Å². The molecule has 0 saturated heterocycles. The maximum Gasteiger partial charge on any atom is 0.346 e. The molecule has 0 bridgehead atoms. The van der Waals surface area contributed by atoms with E-state index in [1.807, 2.05) is 0 Å². The molecule has 0 amide bonds. The molecule has 0 radical (unpaired) electrons. The molecule has 154 valence electrons. The van der Waals surface area contributed by atoms with Crippen molar-refractivity contribution in [2.75, 3.05) is 6.54 Å². The minimum absolute atomic E-state index is 0.000331. The van der Waals surface area contributed by atoms with Gasteiger partial charge in [0.05, 0.1) is 6.54 Å². The third kappa shape index (κ3) is 3.75. The molecule has 1 saturated carbocycles. The van der Waals surface area contributed by atoms with Gasteiger partial charge in [-0.05, 0) is 51.0 Å². The zero-order chi connectivity index (χ0) is 20.8. The van der Waals surface area contributed by atoms with Crippen LogP contribution < -0.4 is 10.4 Å². The van der Waals surface area contributed by atoms with Crippen molar-refractivity contribution in [3.8, 4) is 11.4 Å². The van der Waals surface area contributed by atoms with Crippen LogP contribution in [0.25, 0.3) is 11.4 Å². The smallest absolute Gasteiger partial charge is 0.346 e. The van der Waals surface area contributed by atoms with Gasteiger partial charge in [-0.2, -0.15) is 0 Å². The lowest BCUT2D eigenvalue weighted by atomic mass is 10.2. The van der Waals surface area contributed by atoms with Crippen molar-refractivity contribution in [2.24, 2.45) is 0 Å². The first-order valence-corrected chi connectivity index (χ1v) is 10.6. The lowest BCUT2D eigenvalue weighted by Gasteiger charge is -2.05. The third-order valence-corrected chi connectivity index (χ3v) is 6.44. The van der Waals surface area contributed by atoms with Crippen molar-refractivity contribution in [3.63, 3.8) is 0 Å². The van der Waals surface area contributed by atoms with Gasteiger partial charge in [-0.15, -0.1) is 5.10 Å². The van der Waals surface area contributed by atoms with Gasteiger partial charge in [-0.1, -0.05) is 5.16 Å². The SMILES string of the molecule is Cc1noc(C)c1S(=O)(=O)NCCn1nc(-c2ccc(F)cc2)n(C2CC2)c1=O. The molecule has 2 aromatic heterocycles. The summed E-state index contributed by atoms with van der Waals surface area (Å²) >= 11 is 0. The van der Waals surface area contributed by atoms with Crippen LogP contribution >= 0.6 is 0 Å². The number of aromatic nitrogens is 4. The summed E-state index contributed by atoms with van der Waals surface area (Å²) in [7, 11) is -3.82. The third-order valence-electron chi connectivity index (χ3n) is 4.74. The van der Waals surface area contributed by atoms with Gasteiger partial charge in [0.25, 0.3) is 0 Å². The molecule has 9 nitrogen and oxygen atoms in total. The molecule has 1 aromatic carbocycles. The largest absolute Gasteiger partial charge is 0.360 e. The highest BCUT2D eigenvalue weighted by Gasteiger charge is 2.30. The van der Waals surface area contributed by atoms with Gasteiger partial charge in [0.15, 0.2) is 11.6 Å². The van der Waals surface area contributed by atoms with Crippen LogP contribution in [0, 0.1) is 19.7 Å². The predicted octanol–water partition coefficient (Wildman–Crippen LogP) is 1.77. The fraction of sp³-hybridized carbons (Fsp3) is 0.389. The lowest BCUT2D eigenvalue weighted by molar-refractivity contribution is 0.390. The summed E-state index contributed by atoms with van der Waals surface area (Å²) in [6.07, 6.45) is 1.75. The highest BCUT2D eigenvalue weighted by atomic mass is 32.2. The number of hydrogen-bond acceptors (Lipinski definition) is 6. The second-order valence-electron chi connectivity index (χ2n) is 6.99. The normalized spacial score (nSPS) is 14.4. The Morgan fingerprint density at radius 1 is 1.24 bits per heavy atom. The van der Waals surface area contributed by atoms with Gasteiger partial charge in [-0.25, -0.2) is 27.0 Å². The zero-order valence-corrected chi connectivity index (χ0v) is 16.7. The molecule has 0 spiro atoms. The molecule has 0 aliphatic heterocycles. The number of nitrogens with one attached hydrogen (secondary N) is 1. The molecule has 3 aromatic rings. The molecule has 2 heterocycles. The standard InChI is InChI=1S/C18H20FN5O4S/c1-11-16(12(2)28-22-11)29(26,27)20-9-10-23-18(25)24(15-7-8-15)17(21-23)13-3-5-14(19)6-4-13/h3-6,15,20H,7-10H2,1-2H3. The van der Waals surface area contributed by atoms with E-state index < -0.39 is 10.0 Å². The van der Waals surface area contributed by atoms with Crippen LogP contribution in [0.5, 0.6) is 0 Å². The van der Waals surface area contributed by atoms with Crippen molar-refractivity contribution < 1.29 is 17.3 Å². The van der Waals surface area contributed by atoms with E-state index in [1.54, 1.807) is 23.6 Å². The summed E-state index contributed by atoms with van der Waals surface area (Å²) in [5.41, 5.74) is 0.581. The molecular formula is C18H20FN5O4S. The maximum atomic E-state index is 13.2. The number of hydrogen-bond donors (Lipinski definition) is 1. The summed E-state index contributed by atoms with van der Waals surface area (Å²) in [5.74, 6) is 0.275. The number of nitrogens with zero attached hydrogens (tertiary/aromatic N) is 4. The molecule has 4 rings (SSSR count). The average Bonchev–Trinajstić information content (AvgIpc) is 3.37. The fourth-order valence-electron chi connectivity index (χ4n) is 3.24. The van der Waals surface area contributed by atoms with Gasteiger partial charge >= 0.3 is 5.69 Å². The minimum Gasteiger partial charge on any atom is -0.360 e. The van der Waals surface area contributed by atoms with E-state index in [0.717, 1.165) is 12.8 Å². The molecular weight excluding hydrogens is 401 g/mol. The second-order valence-corrected chi connectivity index (χ2v) is 8.69. The Morgan fingerprint density at radius 3 is 2.52 bits per heavy atom. The number of rotatable bonds is 7. The molecule has 0 atom stereocenters. The monoisotopic (exact) mass is 421 g/mol. The van der Waals surface area contributed by atoms with Gasteiger partial charge in [0.1, 0.15) is 16.4 Å². The Morgan fingerprint density at radius 2 is 1.93 bits per heavy atom. The topological polar surface area (TPSA) is 112 Å². The van der Waals surface area contributed by atoms with Crippen LogP contribution in [-0.2, 0) is 16.6 Å². The van der Waals surface area contributed by atoms with Crippen LogP contribution in [0.4, 0.5) is 4.39 Å². The summed E-state index contributed by atoms with van der Waals surface area (Å²) < 4.78 is 48.4. The first-order valence-electron chi connectivity index (χ1n) is 9.16. The Labute approximate surface area is 166 Å². The molecule has 29 heavy (non-hydrogen) atoms. The Kier molecular flexibility index (Phi) is 4.87. The Bertz CT molecular complexity index is 1190. The van der Waals surface area contributed by atoms with Crippen molar-refractivity contribution >= 4 is 10.0 Å². The van der Waals surface area contributed by atoms with E-state index >= 15 is 0 Å². The molecule has 11 heteroatoms. The summed E-state index contributed by atoms with van der Waals surface area (Å²) in [6.45, 7) is 3.08. The summed E-state index contributed by atoms with van der Waals surface area (Å²) in [5, 5.41) is 8.02. The number of sulfonamides is 1. The first kappa shape index (κ1) is 19.5. The van der Waals surface area contributed by atoms with Gasteiger partial charge in [-0.3, -0.25) is 4.57 Å². The van der Waals surface area contributed by atoms with E-state index in [0.29, 0.717) is 11.4 Å². The van der Waals surface area contributed by atoms with Crippen LogP contribution in [-0.4, -0.2) is 34.5 Å². The quantitative estimate of drug-likeness (QED) is 0.622. The van der Waals surface area contributed by atoms with Gasteiger partial charge in [0, 0.05) is 18.2 Å². The molecule has 1 N–H and O–H groups in total. The lowest BCUT2D eigenvalue weighted by Crippen LogP contribution is -2.32.